The van der Waals surface area contributed by atoms with Crippen LogP contribution in [0.15, 0.2) is 0 Å². The zero-order valence-corrected chi connectivity index (χ0v) is 8.40. The third-order valence-corrected chi connectivity index (χ3v) is 1.80. The molecule has 6 N–H and O–H groups in total. The number of nitrogens with two attached hydrogens (primary N) is 2. The van der Waals surface area contributed by atoms with Gasteiger partial charge < -0.3 is 21.9 Å². The molecule has 7 nitrogen and oxygen atoms in total. The number of nitrogens with one attached hydrogen (secondary N) is 1. The zero-order chi connectivity index (χ0) is 12.0. The summed E-state index contributed by atoms with van der Waals surface area (Å²) in [5, 5.41) is 10.8. The second kappa shape index (κ2) is 5.97. The molecule has 0 unspecified atom stereocenters. The number of aliphatic carboxylic acids is 1. The maximum Gasteiger partial charge on any atom is 0.326 e. The lowest BCUT2D eigenvalue weighted by molar-refractivity contribution is -0.143. The van der Waals surface area contributed by atoms with Crippen molar-refractivity contribution in [3.63, 3.8) is 0 Å². The molecular formula is C8H15N3O4. The molecule has 0 saturated heterocycles. The van der Waals surface area contributed by atoms with Crippen LogP contribution in [0.2, 0.25) is 0 Å². The van der Waals surface area contributed by atoms with Crippen molar-refractivity contribution in [2.45, 2.75) is 31.8 Å². The monoisotopic (exact) mass is 217 g/mol. The van der Waals surface area contributed by atoms with Gasteiger partial charge in [-0.05, 0) is 6.42 Å². The summed E-state index contributed by atoms with van der Waals surface area (Å²) in [5.41, 5.74) is 10.2. The van der Waals surface area contributed by atoms with E-state index in [2.05, 4.69) is 5.32 Å². The van der Waals surface area contributed by atoms with Crippen LogP contribution in [0.25, 0.3) is 0 Å². The van der Waals surface area contributed by atoms with Gasteiger partial charge in [-0.15, -0.1) is 0 Å². The zero-order valence-electron chi connectivity index (χ0n) is 8.40. The Kier molecular flexibility index (Phi) is 5.32. The Bertz CT molecular complexity index is 267. The van der Waals surface area contributed by atoms with Gasteiger partial charge in [-0.25, -0.2) is 4.79 Å². The molecule has 0 bridgehead atoms. The van der Waals surface area contributed by atoms with E-state index in [1.165, 1.54) is 0 Å². The van der Waals surface area contributed by atoms with Crippen LogP contribution in [0.1, 0.15) is 19.8 Å². The predicted octanol–water partition coefficient (Wildman–Crippen LogP) is -1.83. The number of amides is 2. The highest BCUT2D eigenvalue weighted by Gasteiger charge is 2.23. The summed E-state index contributed by atoms with van der Waals surface area (Å²) < 4.78 is 0. The topological polar surface area (TPSA) is 136 Å². The minimum Gasteiger partial charge on any atom is -0.480 e. The average Bonchev–Trinajstić information content (AvgIpc) is 2.14. The number of carboxylic acids is 1. The highest BCUT2D eigenvalue weighted by Crippen LogP contribution is 1.94. The van der Waals surface area contributed by atoms with Gasteiger partial charge in [-0.3, -0.25) is 9.59 Å². The van der Waals surface area contributed by atoms with Crippen molar-refractivity contribution in [2.24, 2.45) is 11.5 Å². The molecule has 0 aliphatic heterocycles. The van der Waals surface area contributed by atoms with Gasteiger partial charge in [0.1, 0.15) is 6.04 Å². The Hall–Kier alpha value is -1.63. The van der Waals surface area contributed by atoms with Crippen LogP contribution >= 0.6 is 0 Å². The second-order valence-corrected chi connectivity index (χ2v) is 3.08. The summed E-state index contributed by atoms with van der Waals surface area (Å²) in [7, 11) is 0. The smallest absolute Gasteiger partial charge is 0.326 e. The Morgan fingerprint density at radius 1 is 1.40 bits per heavy atom. The van der Waals surface area contributed by atoms with Crippen LogP contribution in [0.4, 0.5) is 0 Å². The van der Waals surface area contributed by atoms with E-state index in [-0.39, 0.29) is 0 Å². The van der Waals surface area contributed by atoms with Gasteiger partial charge >= 0.3 is 5.97 Å². The van der Waals surface area contributed by atoms with Crippen molar-refractivity contribution < 1.29 is 19.5 Å². The fraction of sp³-hybridized carbons (Fsp3) is 0.625. The lowest BCUT2D eigenvalue weighted by Gasteiger charge is -2.15. The van der Waals surface area contributed by atoms with Crippen LogP contribution in [0.5, 0.6) is 0 Å². The standard InChI is InChI=1S/C8H15N3O4/c1-2-4(9)7(13)11-5(8(14)15)3-6(10)12/h4-5H,2-3,9H2,1H3,(H2,10,12)(H,11,13)(H,14,15)/t4-,5+/m0/s1. The number of carboxylic acid groups (broad SMARTS) is 1. The van der Waals surface area contributed by atoms with Crippen molar-refractivity contribution in [1.82, 2.24) is 5.32 Å². The summed E-state index contributed by atoms with van der Waals surface area (Å²) in [4.78, 5) is 32.3. The van der Waals surface area contributed by atoms with Crippen LogP contribution in [-0.4, -0.2) is 35.0 Å². The summed E-state index contributed by atoms with van der Waals surface area (Å²) in [5.74, 6) is -2.72. The Balaban J connectivity index is 4.35. The first-order valence-electron chi connectivity index (χ1n) is 4.45. The molecule has 0 aliphatic rings. The van der Waals surface area contributed by atoms with Crippen molar-refractivity contribution in [2.75, 3.05) is 0 Å². The molecule has 0 aromatic heterocycles. The molecule has 15 heavy (non-hydrogen) atoms. The summed E-state index contributed by atoms with van der Waals surface area (Å²) in [6.07, 6.45) is -0.0632. The first-order chi connectivity index (χ1) is 6.88. The van der Waals surface area contributed by atoms with E-state index in [9.17, 15) is 14.4 Å². The number of carbonyl (C=O) groups excluding carboxylic acids is 2. The third kappa shape index (κ3) is 4.96. The normalized spacial score (nSPS) is 14.0. The Labute approximate surface area is 86.8 Å². The van der Waals surface area contributed by atoms with Crippen LogP contribution in [-0.2, 0) is 14.4 Å². The number of hydrogen-bond acceptors (Lipinski definition) is 4. The molecule has 0 aromatic carbocycles. The van der Waals surface area contributed by atoms with Crippen molar-refractivity contribution in [3.8, 4) is 0 Å². The molecular weight excluding hydrogens is 202 g/mol. The van der Waals surface area contributed by atoms with Crippen molar-refractivity contribution >= 4 is 17.8 Å². The maximum atomic E-state index is 11.2. The molecule has 0 aromatic rings. The molecule has 0 spiro atoms. The van der Waals surface area contributed by atoms with Gasteiger partial charge in [0.2, 0.25) is 11.8 Å². The first-order valence-corrected chi connectivity index (χ1v) is 4.45. The molecule has 86 valence electrons. The van der Waals surface area contributed by atoms with E-state index < -0.39 is 36.3 Å². The highest BCUT2D eigenvalue weighted by molar-refractivity contribution is 5.89. The summed E-state index contributed by atoms with van der Waals surface area (Å²) in [6, 6.07) is -2.09. The second-order valence-electron chi connectivity index (χ2n) is 3.08. The largest absolute Gasteiger partial charge is 0.480 e. The number of hydrogen-bond donors (Lipinski definition) is 4. The van der Waals surface area contributed by atoms with Gasteiger partial charge in [-0.1, -0.05) is 6.92 Å². The highest BCUT2D eigenvalue weighted by atomic mass is 16.4. The molecule has 0 fully saturated rings. The number of primary amides is 1. The predicted molar refractivity (Wildman–Crippen MR) is 51.6 cm³/mol. The van der Waals surface area contributed by atoms with Gasteiger partial charge in [-0.2, -0.15) is 0 Å². The minimum absolute atomic E-state index is 0.384. The molecule has 0 saturated carbocycles. The third-order valence-electron chi connectivity index (χ3n) is 1.80. The maximum absolute atomic E-state index is 11.2. The van der Waals surface area contributed by atoms with E-state index >= 15 is 0 Å². The fourth-order valence-corrected chi connectivity index (χ4v) is 0.865. The van der Waals surface area contributed by atoms with Gasteiger partial charge in [0.25, 0.3) is 0 Å². The molecule has 0 radical (unpaired) electrons. The summed E-state index contributed by atoms with van der Waals surface area (Å²) in [6.45, 7) is 1.69. The molecule has 7 heteroatoms. The quantitative estimate of drug-likeness (QED) is 0.415. The molecule has 2 atom stereocenters. The van der Waals surface area contributed by atoms with Gasteiger partial charge in [0.15, 0.2) is 0 Å². The van der Waals surface area contributed by atoms with Gasteiger partial charge in [0, 0.05) is 0 Å². The lowest BCUT2D eigenvalue weighted by Crippen LogP contribution is -2.49. The van der Waals surface area contributed by atoms with Gasteiger partial charge in [0.05, 0.1) is 12.5 Å². The van der Waals surface area contributed by atoms with Crippen LogP contribution < -0.4 is 16.8 Å². The van der Waals surface area contributed by atoms with E-state index in [4.69, 9.17) is 16.6 Å². The lowest BCUT2D eigenvalue weighted by atomic mass is 10.1. The van der Waals surface area contributed by atoms with Crippen molar-refractivity contribution in [1.29, 1.82) is 0 Å². The number of rotatable bonds is 6. The SMILES string of the molecule is CC[C@H](N)C(=O)N[C@H](CC(N)=O)C(=O)O. The number of carbonyl (C=O) groups is 3. The fourth-order valence-electron chi connectivity index (χ4n) is 0.865. The van der Waals surface area contributed by atoms with E-state index in [0.717, 1.165) is 0 Å². The average molecular weight is 217 g/mol. The molecule has 0 rings (SSSR count). The molecule has 0 aliphatic carbocycles. The molecule has 0 heterocycles. The summed E-state index contributed by atoms with van der Waals surface area (Å²) >= 11 is 0. The molecule has 2 amide bonds. The Morgan fingerprint density at radius 3 is 2.27 bits per heavy atom. The van der Waals surface area contributed by atoms with Crippen molar-refractivity contribution in [3.05, 3.63) is 0 Å². The first kappa shape index (κ1) is 13.4. The van der Waals surface area contributed by atoms with Crippen LogP contribution in [0, 0.1) is 0 Å². The van der Waals surface area contributed by atoms with E-state index in [1.54, 1.807) is 6.92 Å². The minimum atomic E-state index is -1.31. The van der Waals surface area contributed by atoms with E-state index in [0.29, 0.717) is 6.42 Å². The van der Waals surface area contributed by atoms with Crippen LogP contribution in [0.3, 0.4) is 0 Å². The Morgan fingerprint density at radius 2 is 1.93 bits per heavy atom. The van der Waals surface area contributed by atoms with E-state index in [1.807, 2.05) is 0 Å².